The lowest BCUT2D eigenvalue weighted by atomic mass is 10.1. The van der Waals surface area contributed by atoms with E-state index in [-0.39, 0.29) is 4.75 Å². The molecule has 0 aromatic carbocycles. The summed E-state index contributed by atoms with van der Waals surface area (Å²) >= 11 is 0. The van der Waals surface area contributed by atoms with E-state index in [1.165, 1.54) is 0 Å². The largest absolute Gasteiger partial charge is 0.234 e. The molecule has 0 spiro atoms. The van der Waals surface area contributed by atoms with Crippen LogP contribution in [-0.2, 0) is 11.0 Å². The summed E-state index contributed by atoms with van der Waals surface area (Å²) in [5.41, 5.74) is 1.06. The molecule has 1 unspecified atom stereocenters. The van der Waals surface area contributed by atoms with Crippen LogP contribution in [0.4, 0.5) is 0 Å². The summed E-state index contributed by atoms with van der Waals surface area (Å²) in [5.74, 6) is 0. The number of hydrogen-bond acceptors (Lipinski definition) is 1. The van der Waals surface area contributed by atoms with Gasteiger partial charge in [-0.3, -0.25) is 0 Å². The first-order valence-corrected chi connectivity index (χ1v) is 6.61. The second-order valence-electron chi connectivity index (χ2n) is 4.55. The molecule has 0 saturated carbocycles. The van der Waals surface area contributed by atoms with Gasteiger partial charge >= 0.3 is 0 Å². The predicted molar refractivity (Wildman–Crippen MR) is 69.7 cm³/mol. The Bertz CT molecular complexity index is 251. The highest BCUT2D eigenvalue weighted by Crippen LogP contribution is 2.14. The Balaban J connectivity index is 4.33. The molecule has 0 aliphatic heterocycles. The molecule has 0 heterocycles. The monoisotopic (exact) mass is 229 g/mol. The molecule has 0 fully saturated rings. The average Bonchev–Trinajstić information content (AvgIpc) is 2.14. The van der Waals surface area contributed by atoms with Gasteiger partial charge < -0.3 is 0 Å². The van der Waals surface area contributed by atoms with Crippen molar-refractivity contribution in [2.45, 2.75) is 58.1 Å². The van der Waals surface area contributed by atoms with Crippen LogP contribution < -0.4 is 0 Å². The van der Waals surface area contributed by atoms with E-state index in [0.717, 1.165) is 31.4 Å². The Morgan fingerprint density at radius 1 is 1.47 bits per heavy atom. The summed E-state index contributed by atoms with van der Waals surface area (Å²) in [6.07, 6.45) is 5.79. The molecule has 0 saturated heterocycles. The number of unbranched alkanes of at least 4 members (excludes halogenated alkanes) is 1. The Hall–Kier alpha value is -0.440. The second-order valence-corrected chi connectivity index (χ2v) is 6.46. The van der Waals surface area contributed by atoms with Crippen LogP contribution in [0.15, 0.2) is 17.1 Å². The third kappa shape index (κ3) is 6.61. The minimum Gasteiger partial charge on any atom is -0.234 e. The molecule has 0 aliphatic rings. The maximum absolute atomic E-state index is 11.8. The molecule has 0 aliphatic carbocycles. The fourth-order valence-corrected chi connectivity index (χ4v) is 1.72. The zero-order valence-corrected chi connectivity index (χ0v) is 11.2. The van der Waals surface area contributed by atoms with E-state index in [4.69, 9.17) is 0 Å². The Labute approximate surface area is 96.5 Å². The van der Waals surface area contributed by atoms with E-state index >= 15 is 0 Å². The van der Waals surface area contributed by atoms with Gasteiger partial charge in [-0.1, -0.05) is 13.0 Å². The molecule has 0 amide bonds. The summed E-state index contributed by atoms with van der Waals surface area (Å²) in [5, 5.41) is 0. The van der Waals surface area contributed by atoms with Crippen LogP contribution in [0.5, 0.6) is 0 Å². The Morgan fingerprint density at radius 3 is 2.47 bits per heavy atom. The molecule has 88 valence electrons. The summed E-state index contributed by atoms with van der Waals surface area (Å²) in [6, 6.07) is 0. The van der Waals surface area contributed by atoms with Gasteiger partial charge in [-0.15, -0.1) is 6.58 Å². The summed E-state index contributed by atoms with van der Waals surface area (Å²) in [7, 11) is -1.11. The highest BCUT2D eigenvalue weighted by atomic mass is 32.2. The first-order valence-electron chi connectivity index (χ1n) is 5.51. The van der Waals surface area contributed by atoms with Crippen molar-refractivity contribution in [2.75, 3.05) is 0 Å². The Kier molecular flexibility index (Phi) is 6.73. The maximum atomic E-state index is 11.8. The highest BCUT2D eigenvalue weighted by molar-refractivity contribution is 7.85. The number of allylic oxidation sites excluding steroid dienone is 1. The first kappa shape index (κ1) is 14.6. The van der Waals surface area contributed by atoms with Crippen molar-refractivity contribution >= 4 is 16.7 Å². The van der Waals surface area contributed by atoms with Crippen molar-refractivity contribution in [1.82, 2.24) is 0 Å². The van der Waals surface area contributed by atoms with E-state index in [1.54, 1.807) is 0 Å². The van der Waals surface area contributed by atoms with Gasteiger partial charge in [0.25, 0.3) is 0 Å². The molecule has 0 aromatic rings. The van der Waals surface area contributed by atoms with E-state index in [9.17, 15) is 4.21 Å². The van der Waals surface area contributed by atoms with Gasteiger partial charge in [0.1, 0.15) is 11.0 Å². The van der Waals surface area contributed by atoms with Crippen LogP contribution in [0, 0.1) is 0 Å². The Morgan fingerprint density at radius 2 is 2.07 bits per heavy atom. The lowest BCUT2D eigenvalue weighted by molar-refractivity contribution is 0.650. The maximum Gasteiger partial charge on any atom is 0.144 e. The van der Waals surface area contributed by atoms with Gasteiger partial charge in [0.15, 0.2) is 0 Å². The molecule has 3 heteroatoms. The lowest BCUT2D eigenvalue weighted by Gasteiger charge is -2.14. The van der Waals surface area contributed by atoms with Gasteiger partial charge in [0.2, 0.25) is 0 Å². The summed E-state index contributed by atoms with van der Waals surface area (Å²) < 4.78 is 15.8. The molecular formula is C12H23NOS. The molecular weight excluding hydrogens is 206 g/mol. The van der Waals surface area contributed by atoms with E-state index in [0.29, 0.717) is 0 Å². The molecule has 0 bridgehead atoms. The highest BCUT2D eigenvalue weighted by Gasteiger charge is 2.19. The summed E-state index contributed by atoms with van der Waals surface area (Å²) in [4.78, 5) is 0. The molecule has 15 heavy (non-hydrogen) atoms. The van der Waals surface area contributed by atoms with Crippen LogP contribution in [0.2, 0.25) is 0 Å². The molecule has 0 rings (SSSR count). The van der Waals surface area contributed by atoms with Gasteiger partial charge in [0.05, 0.1) is 4.75 Å². The standard InChI is InChI=1S/C12H23NOS/c1-6-8-9-10-11(7-2)13-15(14)12(3,4)5/h6H,1,7-10H2,2-5H3/b13-11+. The second kappa shape index (κ2) is 6.94. The SMILES string of the molecule is C=CCCC/C(CC)=N/S(=O)C(C)(C)C. The van der Waals surface area contributed by atoms with Crippen LogP contribution in [0.1, 0.15) is 53.4 Å². The number of rotatable bonds is 6. The molecule has 0 N–H and O–H groups in total. The fraction of sp³-hybridized carbons (Fsp3) is 0.750. The predicted octanol–water partition coefficient (Wildman–Crippen LogP) is 3.66. The fourth-order valence-electron chi connectivity index (χ4n) is 0.992. The minimum absolute atomic E-state index is 0.251. The van der Waals surface area contributed by atoms with Gasteiger partial charge in [-0.25, -0.2) is 4.21 Å². The van der Waals surface area contributed by atoms with Crippen LogP contribution in [-0.4, -0.2) is 14.7 Å². The third-order valence-electron chi connectivity index (χ3n) is 2.02. The third-order valence-corrected chi connectivity index (χ3v) is 3.49. The smallest absolute Gasteiger partial charge is 0.144 e. The molecule has 0 aromatic heterocycles. The quantitative estimate of drug-likeness (QED) is 0.388. The first-order chi connectivity index (χ1) is 6.91. The molecule has 2 nitrogen and oxygen atoms in total. The minimum atomic E-state index is -1.11. The summed E-state index contributed by atoms with van der Waals surface area (Å²) in [6.45, 7) is 11.6. The molecule has 1 atom stereocenters. The van der Waals surface area contributed by atoms with Crippen molar-refractivity contribution in [2.24, 2.45) is 4.40 Å². The van der Waals surface area contributed by atoms with Gasteiger partial charge in [0, 0.05) is 5.71 Å². The normalized spacial score (nSPS) is 15.1. The van der Waals surface area contributed by atoms with E-state index in [2.05, 4.69) is 17.9 Å². The van der Waals surface area contributed by atoms with Crippen molar-refractivity contribution in [1.29, 1.82) is 0 Å². The van der Waals surface area contributed by atoms with E-state index in [1.807, 2.05) is 26.8 Å². The number of hydrogen-bond donors (Lipinski definition) is 0. The van der Waals surface area contributed by atoms with Crippen LogP contribution in [0.3, 0.4) is 0 Å². The van der Waals surface area contributed by atoms with Crippen molar-refractivity contribution < 1.29 is 4.21 Å². The number of nitrogens with zero attached hydrogens (tertiary/aromatic N) is 1. The zero-order chi connectivity index (χ0) is 11.9. The van der Waals surface area contributed by atoms with Crippen LogP contribution in [0.25, 0.3) is 0 Å². The zero-order valence-electron chi connectivity index (χ0n) is 10.4. The topological polar surface area (TPSA) is 29.4 Å². The average molecular weight is 229 g/mol. The van der Waals surface area contributed by atoms with Crippen molar-refractivity contribution in [3.8, 4) is 0 Å². The van der Waals surface area contributed by atoms with Crippen molar-refractivity contribution in [3.05, 3.63) is 12.7 Å². The lowest BCUT2D eigenvalue weighted by Crippen LogP contribution is -2.20. The molecule has 0 radical (unpaired) electrons. The van der Waals surface area contributed by atoms with Crippen molar-refractivity contribution in [3.63, 3.8) is 0 Å². The van der Waals surface area contributed by atoms with Crippen LogP contribution >= 0.6 is 0 Å². The van der Waals surface area contributed by atoms with Gasteiger partial charge in [-0.05, 0) is 46.5 Å². The van der Waals surface area contributed by atoms with Gasteiger partial charge in [-0.2, -0.15) is 4.40 Å². The van der Waals surface area contributed by atoms with E-state index < -0.39 is 11.0 Å².